The molecule has 0 aromatic carbocycles. The van der Waals surface area contributed by atoms with E-state index in [1.54, 1.807) is 0 Å². The second-order valence-corrected chi connectivity index (χ2v) is 4.72. The van der Waals surface area contributed by atoms with Crippen molar-refractivity contribution < 1.29 is 5.11 Å². The van der Waals surface area contributed by atoms with Crippen LogP contribution < -0.4 is 5.32 Å². The summed E-state index contributed by atoms with van der Waals surface area (Å²) in [5, 5.41) is 12.3. The lowest BCUT2D eigenvalue weighted by Gasteiger charge is -2.35. The zero-order chi connectivity index (χ0) is 10.5. The van der Waals surface area contributed by atoms with E-state index in [1.807, 2.05) is 0 Å². The van der Waals surface area contributed by atoms with Gasteiger partial charge < -0.3 is 15.3 Å². The molecule has 0 aliphatic carbocycles. The van der Waals surface area contributed by atoms with E-state index in [1.165, 1.54) is 39.1 Å². The molecule has 2 rings (SSSR count). The highest BCUT2D eigenvalue weighted by atomic mass is 16.3. The molecule has 0 bridgehead atoms. The number of aliphatic hydroxyl groups is 1. The maximum atomic E-state index is 8.85. The van der Waals surface area contributed by atoms with Gasteiger partial charge in [0.1, 0.15) is 0 Å². The lowest BCUT2D eigenvalue weighted by Crippen LogP contribution is -2.48. The fourth-order valence-electron chi connectivity index (χ4n) is 2.57. The van der Waals surface area contributed by atoms with Crippen molar-refractivity contribution in [2.24, 2.45) is 5.92 Å². The third-order valence-corrected chi connectivity index (χ3v) is 3.56. The Labute approximate surface area is 92.2 Å². The molecule has 88 valence electrons. The minimum absolute atomic E-state index is 0.298. The molecule has 2 fully saturated rings. The molecule has 2 N–H and O–H groups in total. The van der Waals surface area contributed by atoms with Gasteiger partial charge in [-0.05, 0) is 25.4 Å². The minimum Gasteiger partial charge on any atom is -0.395 e. The van der Waals surface area contributed by atoms with E-state index in [9.17, 15) is 0 Å². The molecule has 0 aromatic heterocycles. The van der Waals surface area contributed by atoms with Crippen LogP contribution in [0.2, 0.25) is 0 Å². The van der Waals surface area contributed by atoms with Crippen LogP contribution in [0.3, 0.4) is 0 Å². The normalized spacial score (nSPS) is 29.8. The highest BCUT2D eigenvalue weighted by Crippen LogP contribution is 2.11. The van der Waals surface area contributed by atoms with Gasteiger partial charge in [-0.15, -0.1) is 0 Å². The molecule has 2 aliphatic heterocycles. The number of nitrogens with one attached hydrogen (secondary N) is 1. The molecule has 15 heavy (non-hydrogen) atoms. The molecule has 0 aromatic rings. The molecule has 2 aliphatic rings. The maximum Gasteiger partial charge on any atom is 0.0558 e. The minimum atomic E-state index is 0.298. The Bertz CT molecular complexity index is 175. The van der Waals surface area contributed by atoms with Crippen LogP contribution in [-0.2, 0) is 0 Å². The van der Waals surface area contributed by atoms with Crippen LogP contribution in [0.5, 0.6) is 0 Å². The van der Waals surface area contributed by atoms with E-state index in [2.05, 4.69) is 15.1 Å². The van der Waals surface area contributed by atoms with Crippen LogP contribution in [0.25, 0.3) is 0 Å². The molecule has 1 atom stereocenters. The molecule has 0 spiro atoms. The number of hydrogen-bond acceptors (Lipinski definition) is 4. The van der Waals surface area contributed by atoms with Crippen LogP contribution in [0.4, 0.5) is 0 Å². The van der Waals surface area contributed by atoms with Crippen LogP contribution in [0.15, 0.2) is 0 Å². The Morgan fingerprint density at radius 1 is 1.13 bits per heavy atom. The zero-order valence-corrected chi connectivity index (χ0v) is 9.49. The van der Waals surface area contributed by atoms with Crippen LogP contribution in [0.1, 0.15) is 6.42 Å². The van der Waals surface area contributed by atoms with E-state index in [4.69, 9.17) is 5.11 Å². The SMILES string of the molecule is OCCN1CCN(C[C@H]2CCNC2)CC1. The molecule has 2 heterocycles. The van der Waals surface area contributed by atoms with Gasteiger partial charge in [0.25, 0.3) is 0 Å². The molecular weight excluding hydrogens is 190 g/mol. The first-order valence-electron chi connectivity index (χ1n) is 6.15. The summed E-state index contributed by atoms with van der Waals surface area (Å²) < 4.78 is 0. The quantitative estimate of drug-likeness (QED) is 0.642. The van der Waals surface area contributed by atoms with Crippen molar-refractivity contribution in [1.29, 1.82) is 0 Å². The fourth-order valence-corrected chi connectivity index (χ4v) is 2.57. The number of nitrogens with zero attached hydrogens (tertiary/aromatic N) is 2. The first kappa shape index (κ1) is 11.3. The van der Waals surface area contributed by atoms with Gasteiger partial charge in [-0.1, -0.05) is 0 Å². The summed E-state index contributed by atoms with van der Waals surface area (Å²) in [5.74, 6) is 0.870. The Balaban J connectivity index is 1.64. The fraction of sp³-hybridized carbons (Fsp3) is 1.00. The topological polar surface area (TPSA) is 38.7 Å². The van der Waals surface area contributed by atoms with Crippen molar-refractivity contribution in [3.63, 3.8) is 0 Å². The first-order chi connectivity index (χ1) is 7.38. The average Bonchev–Trinajstić information content (AvgIpc) is 2.74. The number of hydrogen-bond donors (Lipinski definition) is 2. The predicted octanol–water partition coefficient (Wildman–Crippen LogP) is -0.794. The van der Waals surface area contributed by atoms with Gasteiger partial charge in [-0.3, -0.25) is 4.90 Å². The summed E-state index contributed by atoms with van der Waals surface area (Å²) in [4.78, 5) is 4.93. The van der Waals surface area contributed by atoms with Crippen LogP contribution in [0, 0.1) is 5.92 Å². The molecule has 0 saturated carbocycles. The first-order valence-corrected chi connectivity index (χ1v) is 6.15. The summed E-state index contributed by atoms with van der Waals surface area (Å²) in [7, 11) is 0. The Kier molecular flexibility index (Phi) is 4.38. The Morgan fingerprint density at radius 3 is 2.47 bits per heavy atom. The van der Waals surface area contributed by atoms with Crippen molar-refractivity contribution in [2.75, 3.05) is 59.0 Å². The molecular formula is C11H23N3O. The molecule has 4 heteroatoms. The third-order valence-electron chi connectivity index (χ3n) is 3.56. The van der Waals surface area contributed by atoms with Crippen LogP contribution in [-0.4, -0.2) is 73.9 Å². The second-order valence-electron chi connectivity index (χ2n) is 4.72. The number of rotatable bonds is 4. The summed E-state index contributed by atoms with van der Waals surface area (Å²) in [6.07, 6.45) is 1.34. The summed E-state index contributed by atoms with van der Waals surface area (Å²) >= 11 is 0. The predicted molar refractivity (Wildman–Crippen MR) is 60.9 cm³/mol. The van der Waals surface area contributed by atoms with Gasteiger partial charge in [-0.25, -0.2) is 0 Å². The van der Waals surface area contributed by atoms with Crippen molar-refractivity contribution in [3.8, 4) is 0 Å². The van der Waals surface area contributed by atoms with Crippen LogP contribution >= 0.6 is 0 Å². The molecule has 0 radical (unpaired) electrons. The van der Waals surface area contributed by atoms with E-state index in [-0.39, 0.29) is 0 Å². The standard InChI is InChI=1S/C11H23N3O/c15-8-7-13-3-5-14(6-4-13)10-11-1-2-12-9-11/h11-12,15H,1-10H2/t11-/m0/s1. The van der Waals surface area contributed by atoms with Crippen molar-refractivity contribution in [3.05, 3.63) is 0 Å². The van der Waals surface area contributed by atoms with E-state index in [0.717, 1.165) is 25.6 Å². The van der Waals surface area contributed by atoms with Gasteiger partial charge in [0.05, 0.1) is 6.61 Å². The smallest absolute Gasteiger partial charge is 0.0558 e. The monoisotopic (exact) mass is 213 g/mol. The van der Waals surface area contributed by atoms with Crippen molar-refractivity contribution in [1.82, 2.24) is 15.1 Å². The highest BCUT2D eigenvalue weighted by molar-refractivity contribution is 4.78. The van der Waals surface area contributed by atoms with Gasteiger partial charge in [0.2, 0.25) is 0 Å². The molecule has 2 saturated heterocycles. The molecule has 4 nitrogen and oxygen atoms in total. The molecule has 0 amide bonds. The molecule has 0 unspecified atom stereocenters. The Morgan fingerprint density at radius 2 is 1.87 bits per heavy atom. The maximum absolute atomic E-state index is 8.85. The number of β-amino-alcohol motifs (C(OH)–C–C–N with tert-alkyl or cyclic N) is 1. The Hall–Kier alpha value is -0.160. The zero-order valence-electron chi connectivity index (χ0n) is 9.49. The largest absolute Gasteiger partial charge is 0.395 e. The van der Waals surface area contributed by atoms with Gasteiger partial charge in [-0.2, -0.15) is 0 Å². The van der Waals surface area contributed by atoms with Crippen molar-refractivity contribution in [2.45, 2.75) is 6.42 Å². The lowest BCUT2D eigenvalue weighted by atomic mass is 10.1. The average molecular weight is 213 g/mol. The van der Waals surface area contributed by atoms with E-state index >= 15 is 0 Å². The number of aliphatic hydroxyl groups excluding tert-OH is 1. The van der Waals surface area contributed by atoms with E-state index < -0.39 is 0 Å². The highest BCUT2D eigenvalue weighted by Gasteiger charge is 2.21. The van der Waals surface area contributed by atoms with Gasteiger partial charge in [0, 0.05) is 39.3 Å². The van der Waals surface area contributed by atoms with Crippen molar-refractivity contribution >= 4 is 0 Å². The second kappa shape index (κ2) is 5.80. The van der Waals surface area contributed by atoms with Gasteiger partial charge >= 0.3 is 0 Å². The summed E-state index contributed by atoms with van der Waals surface area (Å²) in [6.45, 7) is 9.42. The lowest BCUT2D eigenvalue weighted by molar-refractivity contribution is 0.103. The summed E-state index contributed by atoms with van der Waals surface area (Å²) in [5.41, 5.74) is 0. The third kappa shape index (κ3) is 3.41. The van der Waals surface area contributed by atoms with Gasteiger partial charge in [0.15, 0.2) is 0 Å². The number of piperazine rings is 1. The summed E-state index contributed by atoms with van der Waals surface area (Å²) in [6, 6.07) is 0. The van der Waals surface area contributed by atoms with E-state index in [0.29, 0.717) is 6.61 Å².